The van der Waals surface area contributed by atoms with Gasteiger partial charge in [0, 0.05) is 16.6 Å². The molecule has 8 heteroatoms. The summed E-state index contributed by atoms with van der Waals surface area (Å²) in [6.45, 7) is -1.43. The van der Waals surface area contributed by atoms with Gasteiger partial charge in [-0.15, -0.1) is 0 Å². The maximum Gasteiger partial charge on any atom is 0.411 e. The molecule has 1 rings (SSSR count). The van der Waals surface area contributed by atoms with Crippen molar-refractivity contribution in [1.29, 1.82) is 0 Å². The first-order valence-electron chi connectivity index (χ1n) is 4.94. The van der Waals surface area contributed by atoms with Gasteiger partial charge in [-0.2, -0.15) is 13.2 Å². The van der Waals surface area contributed by atoms with Crippen molar-refractivity contribution < 1.29 is 32.0 Å². The third-order valence-corrected chi connectivity index (χ3v) is 3.79. The van der Waals surface area contributed by atoms with E-state index in [4.69, 9.17) is 5.11 Å². The summed E-state index contributed by atoms with van der Waals surface area (Å²) in [6, 6.07) is 0. The highest BCUT2D eigenvalue weighted by molar-refractivity contribution is 7.84. The number of carbonyl (C=O) groups is 1. The predicted octanol–water partition coefficient (Wildman–Crippen LogP) is 1.53. The molecule has 100 valence electrons. The third kappa shape index (κ3) is 6.02. The molecule has 0 radical (unpaired) electrons. The van der Waals surface area contributed by atoms with Crippen LogP contribution in [0, 0.1) is 5.41 Å². The average Bonchev–Trinajstić information content (AvgIpc) is 2.80. The lowest BCUT2D eigenvalue weighted by molar-refractivity contribution is -0.169. The fourth-order valence-corrected chi connectivity index (χ4v) is 2.93. The van der Waals surface area contributed by atoms with E-state index in [1.807, 2.05) is 0 Å². The molecule has 0 heterocycles. The maximum absolute atomic E-state index is 11.7. The van der Waals surface area contributed by atoms with E-state index in [0.717, 1.165) is 0 Å². The molecule has 0 spiro atoms. The summed E-state index contributed by atoms with van der Waals surface area (Å²) >= 11 is 0. The normalized spacial score (nSPS) is 19.9. The van der Waals surface area contributed by atoms with E-state index in [1.165, 1.54) is 0 Å². The molecule has 1 unspecified atom stereocenters. The van der Waals surface area contributed by atoms with E-state index in [-0.39, 0.29) is 12.2 Å². The molecular weight excluding hydrogens is 261 g/mol. The largest absolute Gasteiger partial charge is 0.481 e. The van der Waals surface area contributed by atoms with Crippen LogP contribution in [0.3, 0.4) is 0 Å². The smallest absolute Gasteiger partial charge is 0.411 e. The van der Waals surface area contributed by atoms with E-state index in [9.17, 15) is 22.2 Å². The first-order chi connectivity index (χ1) is 7.72. The standard InChI is InChI=1S/C9H13F3O4S/c10-9(11,12)4-16-6-17(15)5-8(1-2-8)3-7(13)14/h1-6H2,(H,13,14). The summed E-state index contributed by atoms with van der Waals surface area (Å²) in [5.74, 6) is -1.38. The second kappa shape index (κ2) is 5.34. The summed E-state index contributed by atoms with van der Waals surface area (Å²) in [4.78, 5) is 10.5. The van der Waals surface area contributed by atoms with Gasteiger partial charge in [-0.3, -0.25) is 9.00 Å². The van der Waals surface area contributed by atoms with E-state index < -0.39 is 40.9 Å². The number of carboxylic acids is 1. The molecule has 0 saturated heterocycles. The fourth-order valence-electron chi connectivity index (χ4n) is 1.50. The highest BCUT2D eigenvalue weighted by Gasteiger charge is 2.45. The van der Waals surface area contributed by atoms with Crippen LogP contribution >= 0.6 is 0 Å². The minimum absolute atomic E-state index is 0.0853. The summed E-state index contributed by atoms with van der Waals surface area (Å²) in [5, 5.41) is 8.61. The van der Waals surface area contributed by atoms with Crippen LogP contribution in [0.15, 0.2) is 0 Å². The zero-order chi connectivity index (χ0) is 13.1. The topological polar surface area (TPSA) is 63.6 Å². The molecule has 1 aliphatic carbocycles. The Labute approximate surface area is 98.6 Å². The van der Waals surface area contributed by atoms with E-state index in [2.05, 4.69) is 4.74 Å². The molecular formula is C9H13F3O4S. The Morgan fingerprint density at radius 3 is 2.41 bits per heavy atom. The Kier molecular flexibility index (Phi) is 4.54. The number of hydrogen-bond donors (Lipinski definition) is 1. The number of carboxylic acid groups (broad SMARTS) is 1. The molecule has 1 N–H and O–H groups in total. The first-order valence-corrected chi connectivity index (χ1v) is 6.43. The number of halogens is 3. The van der Waals surface area contributed by atoms with Crippen molar-refractivity contribution in [1.82, 2.24) is 0 Å². The van der Waals surface area contributed by atoms with Gasteiger partial charge in [-0.05, 0) is 18.3 Å². The average molecular weight is 274 g/mol. The molecule has 1 aliphatic rings. The molecule has 0 bridgehead atoms. The van der Waals surface area contributed by atoms with Crippen molar-refractivity contribution in [2.45, 2.75) is 25.4 Å². The summed E-state index contributed by atoms with van der Waals surface area (Å²) < 4.78 is 50.8. The Bertz CT molecular complexity index is 312. The van der Waals surface area contributed by atoms with Crippen molar-refractivity contribution in [3.63, 3.8) is 0 Å². The molecule has 1 saturated carbocycles. The molecule has 0 amide bonds. The van der Waals surface area contributed by atoms with Crippen LogP contribution < -0.4 is 0 Å². The lowest BCUT2D eigenvalue weighted by Crippen LogP contribution is -2.22. The van der Waals surface area contributed by atoms with Gasteiger partial charge in [0.2, 0.25) is 0 Å². The van der Waals surface area contributed by atoms with Crippen LogP contribution in [-0.2, 0) is 20.3 Å². The molecule has 0 aromatic heterocycles. The number of hydrogen-bond acceptors (Lipinski definition) is 3. The minimum Gasteiger partial charge on any atom is -0.481 e. The van der Waals surface area contributed by atoms with Gasteiger partial charge in [0.15, 0.2) is 0 Å². The Morgan fingerprint density at radius 1 is 1.41 bits per heavy atom. The molecule has 0 aliphatic heterocycles. The van der Waals surface area contributed by atoms with E-state index in [0.29, 0.717) is 12.8 Å². The van der Waals surface area contributed by atoms with Crippen molar-refractivity contribution in [3.8, 4) is 0 Å². The van der Waals surface area contributed by atoms with Crippen molar-refractivity contribution in [3.05, 3.63) is 0 Å². The Balaban J connectivity index is 2.24. The summed E-state index contributed by atoms with van der Waals surface area (Å²) in [7, 11) is -1.56. The van der Waals surface area contributed by atoms with Crippen LogP contribution in [0.25, 0.3) is 0 Å². The predicted molar refractivity (Wildman–Crippen MR) is 53.8 cm³/mol. The third-order valence-electron chi connectivity index (χ3n) is 2.43. The van der Waals surface area contributed by atoms with E-state index in [1.54, 1.807) is 0 Å². The van der Waals surface area contributed by atoms with Crippen LogP contribution in [0.4, 0.5) is 13.2 Å². The SMILES string of the molecule is O=C(O)CC1(CS(=O)COCC(F)(F)F)CC1. The fraction of sp³-hybridized carbons (Fsp3) is 0.889. The molecule has 1 fully saturated rings. The molecule has 0 aromatic carbocycles. The molecule has 0 aromatic rings. The molecule has 4 nitrogen and oxygen atoms in total. The second-order valence-corrected chi connectivity index (χ2v) is 5.64. The Morgan fingerprint density at radius 2 is 2.00 bits per heavy atom. The lowest BCUT2D eigenvalue weighted by atomic mass is 10.1. The van der Waals surface area contributed by atoms with Crippen molar-refractivity contribution in [2.75, 3.05) is 18.3 Å². The summed E-state index contributed by atoms with van der Waals surface area (Å²) in [6.07, 6.45) is -3.20. The monoisotopic (exact) mass is 274 g/mol. The van der Waals surface area contributed by atoms with Gasteiger partial charge < -0.3 is 9.84 Å². The van der Waals surface area contributed by atoms with E-state index >= 15 is 0 Å². The van der Waals surface area contributed by atoms with Gasteiger partial charge in [0.25, 0.3) is 0 Å². The molecule has 1 atom stereocenters. The quantitative estimate of drug-likeness (QED) is 0.764. The zero-order valence-corrected chi connectivity index (χ0v) is 9.77. The van der Waals surface area contributed by atoms with Crippen LogP contribution in [-0.4, -0.2) is 39.8 Å². The van der Waals surface area contributed by atoms with Gasteiger partial charge in [-0.1, -0.05) is 0 Å². The van der Waals surface area contributed by atoms with Gasteiger partial charge in [0.05, 0.1) is 6.42 Å². The van der Waals surface area contributed by atoms with Crippen LogP contribution in [0.5, 0.6) is 0 Å². The molecule has 17 heavy (non-hydrogen) atoms. The number of alkyl halides is 3. The highest BCUT2D eigenvalue weighted by atomic mass is 32.2. The highest BCUT2D eigenvalue weighted by Crippen LogP contribution is 2.49. The Hall–Kier alpha value is -0.630. The number of aliphatic carboxylic acids is 1. The zero-order valence-electron chi connectivity index (χ0n) is 8.96. The summed E-state index contributed by atoms with van der Waals surface area (Å²) in [5.41, 5.74) is -0.488. The number of rotatable bonds is 7. The minimum atomic E-state index is -4.43. The second-order valence-electron chi connectivity index (χ2n) is 4.24. The maximum atomic E-state index is 11.7. The lowest BCUT2D eigenvalue weighted by Gasteiger charge is -2.12. The van der Waals surface area contributed by atoms with Gasteiger partial charge in [-0.25, -0.2) is 0 Å². The number of ether oxygens (including phenoxy) is 1. The van der Waals surface area contributed by atoms with Crippen LogP contribution in [0.1, 0.15) is 19.3 Å². The van der Waals surface area contributed by atoms with Crippen molar-refractivity contribution >= 4 is 16.8 Å². The first kappa shape index (κ1) is 14.4. The van der Waals surface area contributed by atoms with Gasteiger partial charge in [0.1, 0.15) is 12.5 Å². The van der Waals surface area contributed by atoms with Crippen LogP contribution in [0.2, 0.25) is 0 Å². The van der Waals surface area contributed by atoms with Gasteiger partial charge >= 0.3 is 12.1 Å². The van der Waals surface area contributed by atoms with Crippen molar-refractivity contribution in [2.24, 2.45) is 5.41 Å².